The lowest BCUT2D eigenvalue weighted by atomic mass is 9.75. The van der Waals surface area contributed by atoms with Gasteiger partial charge in [0, 0.05) is 40.7 Å². The molecule has 0 aromatic carbocycles. The Kier molecular flexibility index (Phi) is 3.00. The molecule has 1 aliphatic carbocycles. The summed E-state index contributed by atoms with van der Waals surface area (Å²) < 4.78 is 1.79. The van der Waals surface area contributed by atoms with Gasteiger partial charge in [0.2, 0.25) is 0 Å². The molecular weight excluding hydrogens is 316 g/mol. The summed E-state index contributed by atoms with van der Waals surface area (Å²) >= 11 is 1.85. The maximum absolute atomic E-state index is 4.89. The van der Waals surface area contributed by atoms with E-state index in [0.717, 1.165) is 39.0 Å². The van der Waals surface area contributed by atoms with Crippen molar-refractivity contribution < 1.29 is 0 Å². The quantitative estimate of drug-likeness (QED) is 0.531. The molecule has 5 rings (SSSR count). The van der Waals surface area contributed by atoms with Gasteiger partial charge in [-0.2, -0.15) is 5.10 Å². The lowest BCUT2D eigenvalue weighted by Gasteiger charge is -2.31. The number of hydrogen-bond donors (Lipinski definition) is 0. The average molecular weight is 334 g/mol. The molecular formula is C19H18N4S. The largest absolute Gasteiger partial charge is 0.273 e. The van der Waals surface area contributed by atoms with Crippen LogP contribution in [0.2, 0.25) is 0 Å². The maximum Gasteiger partial charge on any atom is 0.181 e. The first-order valence-electron chi connectivity index (χ1n) is 8.36. The lowest BCUT2D eigenvalue weighted by Crippen LogP contribution is -2.17. The van der Waals surface area contributed by atoms with E-state index >= 15 is 0 Å². The van der Waals surface area contributed by atoms with Crippen molar-refractivity contribution in [3.63, 3.8) is 0 Å². The second kappa shape index (κ2) is 5.11. The fourth-order valence-electron chi connectivity index (χ4n) is 3.61. The minimum atomic E-state index is 0.746. The maximum atomic E-state index is 4.89. The zero-order chi connectivity index (χ0) is 16.3. The summed E-state index contributed by atoms with van der Waals surface area (Å²) in [6.07, 6.45) is 6.50. The van der Waals surface area contributed by atoms with Crippen LogP contribution in [0.5, 0.6) is 0 Å². The van der Waals surface area contributed by atoms with Crippen LogP contribution in [0.1, 0.15) is 30.6 Å². The Morgan fingerprint density at radius 3 is 2.88 bits per heavy atom. The fourth-order valence-corrected chi connectivity index (χ4v) is 4.76. The molecule has 4 nitrogen and oxygen atoms in total. The van der Waals surface area contributed by atoms with Crippen molar-refractivity contribution in [2.45, 2.75) is 25.7 Å². The van der Waals surface area contributed by atoms with Gasteiger partial charge in [-0.15, -0.1) is 11.3 Å². The van der Waals surface area contributed by atoms with Gasteiger partial charge in [0.15, 0.2) is 5.65 Å². The van der Waals surface area contributed by atoms with Crippen molar-refractivity contribution in [2.75, 3.05) is 0 Å². The van der Waals surface area contributed by atoms with Crippen molar-refractivity contribution in [2.24, 2.45) is 13.0 Å². The molecule has 0 bridgehead atoms. The van der Waals surface area contributed by atoms with Crippen LogP contribution in [0.3, 0.4) is 0 Å². The SMILES string of the molecule is CC1CC(c2cc3ccc(-c4cnc5nn(C)cc5c4)nc3s2)C1. The zero-order valence-corrected chi connectivity index (χ0v) is 14.5. The third-order valence-corrected chi connectivity index (χ3v) is 6.15. The van der Waals surface area contributed by atoms with Crippen LogP contribution in [-0.4, -0.2) is 19.7 Å². The van der Waals surface area contributed by atoms with Gasteiger partial charge in [0.1, 0.15) is 4.83 Å². The Morgan fingerprint density at radius 2 is 2.04 bits per heavy atom. The van der Waals surface area contributed by atoms with Crippen molar-refractivity contribution in [3.05, 3.63) is 41.5 Å². The lowest BCUT2D eigenvalue weighted by molar-refractivity contribution is 0.292. The molecule has 0 radical (unpaired) electrons. The van der Waals surface area contributed by atoms with E-state index in [0.29, 0.717) is 0 Å². The van der Waals surface area contributed by atoms with Gasteiger partial charge in [0.25, 0.3) is 0 Å². The molecule has 0 unspecified atom stereocenters. The summed E-state index contributed by atoms with van der Waals surface area (Å²) in [5, 5.41) is 6.64. The van der Waals surface area contributed by atoms with Gasteiger partial charge in [0.05, 0.1) is 5.69 Å². The van der Waals surface area contributed by atoms with Crippen LogP contribution in [0.25, 0.3) is 32.5 Å². The molecule has 0 spiro atoms. The highest BCUT2D eigenvalue weighted by Gasteiger charge is 2.28. The third-order valence-electron chi connectivity index (χ3n) is 4.95. The van der Waals surface area contributed by atoms with Crippen LogP contribution in [0.15, 0.2) is 36.7 Å². The van der Waals surface area contributed by atoms with E-state index in [1.54, 1.807) is 4.68 Å². The minimum Gasteiger partial charge on any atom is -0.273 e. The smallest absolute Gasteiger partial charge is 0.181 e. The number of fused-ring (bicyclic) bond motifs is 2. The first kappa shape index (κ1) is 14.1. The Balaban J connectivity index is 1.55. The summed E-state index contributed by atoms with van der Waals surface area (Å²) in [6.45, 7) is 2.34. The topological polar surface area (TPSA) is 43.6 Å². The highest BCUT2D eigenvalue weighted by molar-refractivity contribution is 7.18. The van der Waals surface area contributed by atoms with E-state index in [9.17, 15) is 0 Å². The second-order valence-corrected chi connectivity index (χ2v) is 8.01. The van der Waals surface area contributed by atoms with Crippen LogP contribution in [0, 0.1) is 5.92 Å². The molecule has 0 aliphatic heterocycles. The van der Waals surface area contributed by atoms with E-state index in [1.165, 1.54) is 23.1 Å². The number of pyridine rings is 2. The van der Waals surface area contributed by atoms with Crippen LogP contribution < -0.4 is 0 Å². The summed E-state index contributed by atoms with van der Waals surface area (Å²) in [7, 11) is 1.92. The molecule has 1 saturated carbocycles. The van der Waals surface area contributed by atoms with Crippen molar-refractivity contribution in [1.29, 1.82) is 0 Å². The predicted octanol–water partition coefficient (Wildman–Crippen LogP) is 4.76. The molecule has 4 aromatic heterocycles. The van der Waals surface area contributed by atoms with Gasteiger partial charge in [-0.05, 0) is 48.9 Å². The Hall–Kier alpha value is -2.27. The van der Waals surface area contributed by atoms with Crippen LogP contribution in [-0.2, 0) is 7.05 Å². The average Bonchev–Trinajstić information content (AvgIpc) is 3.12. The van der Waals surface area contributed by atoms with Crippen LogP contribution in [0.4, 0.5) is 0 Å². The number of thiophene rings is 1. The van der Waals surface area contributed by atoms with Gasteiger partial charge >= 0.3 is 0 Å². The van der Waals surface area contributed by atoms with E-state index in [4.69, 9.17) is 4.98 Å². The van der Waals surface area contributed by atoms with Crippen molar-refractivity contribution >= 4 is 32.6 Å². The number of nitrogens with zero attached hydrogens (tertiary/aromatic N) is 4. The highest BCUT2D eigenvalue weighted by atomic mass is 32.1. The van der Waals surface area contributed by atoms with E-state index in [2.05, 4.69) is 41.3 Å². The number of aromatic nitrogens is 4. The molecule has 0 amide bonds. The normalized spacial score (nSPS) is 20.6. The first-order valence-corrected chi connectivity index (χ1v) is 9.17. The minimum absolute atomic E-state index is 0.746. The molecule has 0 saturated heterocycles. The summed E-state index contributed by atoms with van der Waals surface area (Å²) in [6, 6.07) is 8.73. The van der Waals surface area contributed by atoms with Gasteiger partial charge in [-0.3, -0.25) is 4.68 Å². The predicted molar refractivity (Wildman–Crippen MR) is 98.3 cm³/mol. The van der Waals surface area contributed by atoms with Crippen LogP contribution >= 0.6 is 11.3 Å². The summed E-state index contributed by atoms with van der Waals surface area (Å²) in [4.78, 5) is 12.0. The van der Waals surface area contributed by atoms with Gasteiger partial charge < -0.3 is 0 Å². The van der Waals surface area contributed by atoms with Gasteiger partial charge in [-0.1, -0.05) is 6.92 Å². The Bertz CT molecular complexity index is 1060. The molecule has 120 valence electrons. The third kappa shape index (κ3) is 2.23. The number of aryl methyl sites for hydroxylation is 1. The Labute approximate surface area is 144 Å². The molecule has 24 heavy (non-hydrogen) atoms. The molecule has 1 aliphatic rings. The molecule has 1 fully saturated rings. The fraction of sp³-hybridized carbons (Fsp3) is 0.316. The molecule has 0 atom stereocenters. The second-order valence-electron chi connectivity index (χ2n) is 6.95. The highest BCUT2D eigenvalue weighted by Crippen LogP contribution is 2.45. The molecule has 5 heteroatoms. The molecule has 4 aromatic rings. The molecule has 4 heterocycles. The van der Waals surface area contributed by atoms with E-state index < -0.39 is 0 Å². The van der Waals surface area contributed by atoms with E-state index in [1.807, 2.05) is 30.8 Å². The summed E-state index contributed by atoms with van der Waals surface area (Å²) in [5.74, 6) is 1.62. The van der Waals surface area contributed by atoms with Crippen molar-refractivity contribution in [3.8, 4) is 11.3 Å². The first-order chi connectivity index (χ1) is 11.7. The van der Waals surface area contributed by atoms with Gasteiger partial charge in [-0.25, -0.2) is 9.97 Å². The number of hydrogen-bond acceptors (Lipinski definition) is 4. The monoisotopic (exact) mass is 334 g/mol. The van der Waals surface area contributed by atoms with E-state index in [-0.39, 0.29) is 0 Å². The zero-order valence-electron chi connectivity index (χ0n) is 13.7. The standard InChI is InChI=1S/C19H18N4S/c1-11-5-13(6-11)17-8-12-3-4-16(21-19(12)24-17)14-7-15-10-23(2)22-18(15)20-9-14/h3-4,7-11,13H,5-6H2,1-2H3. The number of rotatable bonds is 2. The summed E-state index contributed by atoms with van der Waals surface area (Å²) in [5.41, 5.74) is 2.81. The Morgan fingerprint density at radius 1 is 1.17 bits per heavy atom. The van der Waals surface area contributed by atoms with Crippen molar-refractivity contribution in [1.82, 2.24) is 19.7 Å². The molecule has 0 N–H and O–H groups in total.